The smallest absolute Gasteiger partial charge is 0.481 e. The first-order valence-electron chi connectivity index (χ1n) is 12.6. The second-order valence-corrected chi connectivity index (χ2v) is 9.86. The number of benzene rings is 3. The van der Waals surface area contributed by atoms with Crippen molar-refractivity contribution in [2.24, 2.45) is 5.73 Å². The fourth-order valence-electron chi connectivity index (χ4n) is 4.12. The lowest BCUT2D eigenvalue weighted by Crippen LogP contribution is -2.40. The number of alkyl halides is 3. The van der Waals surface area contributed by atoms with Gasteiger partial charge in [-0.3, -0.25) is 19.8 Å². The number of rotatable bonds is 8. The number of amidine groups is 1. The Bertz CT molecular complexity index is 1530. The van der Waals surface area contributed by atoms with E-state index < -0.39 is 18.1 Å². The zero-order valence-corrected chi connectivity index (χ0v) is 23.2. The van der Waals surface area contributed by atoms with Crippen molar-refractivity contribution in [1.29, 1.82) is 5.41 Å². The van der Waals surface area contributed by atoms with Gasteiger partial charge in [0.25, 0.3) is 5.91 Å². The minimum absolute atomic E-state index is 0.0101. The molecule has 2 amide bonds. The van der Waals surface area contributed by atoms with Crippen LogP contribution in [0.5, 0.6) is 0 Å². The highest BCUT2D eigenvalue weighted by Crippen LogP contribution is 2.30. The lowest BCUT2D eigenvalue weighted by molar-refractivity contribution is -0.192. The maximum absolute atomic E-state index is 13.5. The number of nitrogens with zero attached hydrogens (tertiary/aromatic N) is 2. The zero-order valence-electron chi connectivity index (χ0n) is 22.4. The van der Waals surface area contributed by atoms with Crippen LogP contribution in [0.25, 0.3) is 0 Å². The van der Waals surface area contributed by atoms with E-state index in [-0.39, 0.29) is 43.7 Å². The van der Waals surface area contributed by atoms with Gasteiger partial charge in [-0.25, -0.2) is 4.79 Å². The minimum atomic E-state index is -5.08. The molecule has 1 heterocycles. The van der Waals surface area contributed by atoms with Gasteiger partial charge in [0.15, 0.2) is 0 Å². The number of hydrogen-bond donors (Lipinski definition) is 4. The highest BCUT2D eigenvalue weighted by molar-refractivity contribution is 6.30. The van der Waals surface area contributed by atoms with Crippen LogP contribution >= 0.6 is 11.6 Å². The van der Waals surface area contributed by atoms with Gasteiger partial charge in [0.1, 0.15) is 12.4 Å². The number of aliphatic carboxylic acids is 2. The second-order valence-electron chi connectivity index (χ2n) is 9.42. The number of nitrogen functional groups attached to an aromatic ring is 1. The van der Waals surface area contributed by atoms with Crippen LogP contribution < -0.4 is 10.6 Å². The van der Waals surface area contributed by atoms with Crippen LogP contribution in [0.2, 0.25) is 5.02 Å². The maximum Gasteiger partial charge on any atom is 0.490 e. The van der Waals surface area contributed by atoms with Gasteiger partial charge in [-0.2, -0.15) is 13.2 Å². The van der Waals surface area contributed by atoms with Gasteiger partial charge in [-0.15, -0.1) is 0 Å². The first kappa shape index (κ1) is 32.6. The molecule has 3 aromatic carbocycles. The van der Waals surface area contributed by atoms with Crippen molar-refractivity contribution in [3.8, 4) is 0 Å². The van der Waals surface area contributed by atoms with Gasteiger partial charge in [0.05, 0.1) is 24.2 Å². The highest BCUT2D eigenvalue weighted by Gasteiger charge is 2.38. The number of carbonyl (C=O) groups is 4. The molecule has 4 rings (SSSR count). The molecule has 0 atom stereocenters. The van der Waals surface area contributed by atoms with Gasteiger partial charge in [-0.05, 0) is 47.4 Å². The number of nitrogens with one attached hydrogen (secondary N) is 1. The van der Waals surface area contributed by atoms with Crippen molar-refractivity contribution in [2.75, 3.05) is 18.0 Å². The van der Waals surface area contributed by atoms with Crippen LogP contribution in [-0.2, 0) is 27.3 Å². The first-order valence-corrected chi connectivity index (χ1v) is 13.0. The summed E-state index contributed by atoms with van der Waals surface area (Å²) in [7, 11) is 0. The van der Waals surface area contributed by atoms with Crippen LogP contribution in [0.15, 0.2) is 66.7 Å². The Balaban J connectivity index is 0.000000646. The Morgan fingerprint density at radius 2 is 1.49 bits per heavy atom. The fraction of sp³-hybridized carbons (Fsp3) is 0.207. The molecule has 0 unspecified atom stereocenters. The number of carboxylic acids is 2. The number of carboxylic acid groups (broad SMARTS) is 2. The molecule has 226 valence electrons. The van der Waals surface area contributed by atoms with Crippen molar-refractivity contribution in [3.63, 3.8) is 0 Å². The van der Waals surface area contributed by atoms with E-state index in [4.69, 9.17) is 37.8 Å². The summed E-state index contributed by atoms with van der Waals surface area (Å²) in [5.41, 5.74) is 9.66. The summed E-state index contributed by atoms with van der Waals surface area (Å²) in [4.78, 5) is 49.6. The van der Waals surface area contributed by atoms with E-state index >= 15 is 0 Å². The Labute approximate surface area is 248 Å². The quantitative estimate of drug-likeness (QED) is 0.216. The van der Waals surface area contributed by atoms with E-state index in [1.807, 2.05) is 30.3 Å². The number of halogens is 4. The third-order valence-corrected chi connectivity index (χ3v) is 6.51. The molecule has 0 spiro atoms. The molecule has 1 aliphatic rings. The number of carbonyl (C=O) groups excluding carboxylic acids is 2. The molecule has 0 aliphatic carbocycles. The van der Waals surface area contributed by atoms with E-state index in [9.17, 15) is 27.6 Å². The van der Waals surface area contributed by atoms with Gasteiger partial charge < -0.3 is 25.7 Å². The molecule has 0 radical (unpaired) electrons. The predicted molar refractivity (Wildman–Crippen MR) is 151 cm³/mol. The lowest BCUT2D eigenvalue weighted by atomic mass is 9.99. The Hall–Kier alpha value is -4.91. The minimum Gasteiger partial charge on any atom is -0.481 e. The number of hydrogen-bond acceptors (Lipinski definition) is 5. The van der Waals surface area contributed by atoms with Crippen molar-refractivity contribution >= 4 is 46.9 Å². The molecule has 10 nitrogen and oxygen atoms in total. The molecule has 0 aromatic heterocycles. The molecule has 0 bridgehead atoms. The van der Waals surface area contributed by atoms with Crippen LogP contribution in [0.1, 0.15) is 39.0 Å². The summed E-state index contributed by atoms with van der Waals surface area (Å²) >= 11 is 6.00. The number of fused-ring (bicyclic) bond motifs is 1. The molecule has 1 aliphatic heterocycles. The van der Waals surface area contributed by atoms with Crippen molar-refractivity contribution < 1.29 is 42.6 Å². The van der Waals surface area contributed by atoms with E-state index in [1.54, 1.807) is 41.3 Å². The van der Waals surface area contributed by atoms with Crippen LogP contribution in [-0.4, -0.2) is 64.0 Å². The summed E-state index contributed by atoms with van der Waals surface area (Å²) in [5.74, 6) is -4.49. The molecule has 0 saturated heterocycles. The summed E-state index contributed by atoms with van der Waals surface area (Å²) in [5, 5.41) is 24.4. The predicted octanol–water partition coefficient (Wildman–Crippen LogP) is 4.31. The highest BCUT2D eigenvalue weighted by atomic mass is 35.5. The Kier molecular flexibility index (Phi) is 10.5. The third kappa shape index (κ3) is 9.04. The molecule has 3 aromatic rings. The van der Waals surface area contributed by atoms with Crippen LogP contribution in [0.3, 0.4) is 0 Å². The molecule has 43 heavy (non-hydrogen) atoms. The fourth-order valence-corrected chi connectivity index (χ4v) is 4.25. The molecule has 5 N–H and O–H groups in total. The normalized spacial score (nSPS) is 13.0. The summed E-state index contributed by atoms with van der Waals surface area (Å²) < 4.78 is 31.7. The monoisotopic (exact) mass is 618 g/mol. The second kappa shape index (κ2) is 13.8. The van der Waals surface area contributed by atoms with E-state index in [2.05, 4.69) is 0 Å². The maximum atomic E-state index is 13.5. The molecule has 0 fully saturated rings. The van der Waals surface area contributed by atoms with Gasteiger partial charge in [0.2, 0.25) is 5.91 Å². The number of amides is 2. The van der Waals surface area contributed by atoms with Crippen LogP contribution in [0, 0.1) is 5.41 Å². The summed E-state index contributed by atoms with van der Waals surface area (Å²) in [6.07, 6.45) is -4.81. The zero-order chi connectivity index (χ0) is 31.9. The number of nitrogens with two attached hydrogens (primary N) is 1. The van der Waals surface area contributed by atoms with Gasteiger partial charge >= 0.3 is 18.1 Å². The molecular formula is C29H26ClF3N4O6. The number of anilines is 1. The average molecular weight is 619 g/mol. The van der Waals surface area contributed by atoms with Crippen molar-refractivity contribution in [2.45, 2.75) is 25.6 Å². The molecule has 14 heteroatoms. The van der Waals surface area contributed by atoms with Crippen molar-refractivity contribution in [3.05, 3.63) is 99.6 Å². The van der Waals surface area contributed by atoms with Crippen LogP contribution in [0.4, 0.5) is 18.9 Å². The average Bonchev–Trinajstić information content (AvgIpc) is 3.03. The standard InChI is InChI=1S/C27H25ClN4O4.C2HF3O2/c28-21-8-3-18(4-9-21)15-32-23-10-5-19(13-17-1-6-20(7-2-17)26(29)30)14-22(23)27(36)31(16-24(32)33)12-11-25(34)35;3-2(4,5)1(6)7/h1-10,14H,11-13,15-16H2,(H3,29,30)(H,34,35);(H,6,7). The summed E-state index contributed by atoms with van der Waals surface area (Å²) in [6.45, 7) is -0.0317. The molecular weight excluding hydrogens is 593 g/mol. The van der Waals surface area contributed by atoms with Gasteiger partial charge in [0, 0.05) is 17.1 Å². The third-order valence-electron chi connectivity index (χ3n) is 6.26. The van der Waals surface area contributed by atoms with E-state index in [0.29, 0.717) is 28.3 Å². The SMILES string of the molecule is N=C(N)c1ccc(Cc2ccc3c(c2)C(=O)N(CCC(=O)O)CC(=O)N3Cc2ccc(Cl)cc2)cc1.O=C(O)C(F)(F)F. The topological polar surface area (TPSA) is 165 Å². The Morgan fingerprint density at radius 1 is 0.930 bits per heavy atom. The van der Waals surface area contributed by atoms with Crippen molar-refractivity contribution in [1.82, 2.24) is 4.90 Å². The first-order chi connectivity index (χ1) is 20.1. The summed E-state index contributed by atoms with van der Waals surface area (Å²) in [6, 6.07) is 19.8. The van der Waals surface area contributed by atoms with E-state index in [0.717, 1.165) is 16.7 Å². The van der Waals surface area contributed by atoms with Gasteiger partial charge in [-0.1, -0.05) is 54.1 Å². The van der Waals surface area contributed by atoms with E-state index in [1.165, 1.54) is 4.90 Å². The lowest BCUT2D eigenvalue weighted by Gasteiger charge is -2.23. The molecule has 0 saturated carbocycles. The Morgan fingerprint density at radius 3 is 2.02 bits per heavy atom. The largest absolute Gasteiger partial charge is 0.490 e.